The molecule has 0 amide bonds. The molecule has 5 heteroatoms. The Morgan fingerprint density at radius 1 is 1.40 bits per heavy atom. The number of rotatable bonds is 4. The lowest BCUT2D eigenvalue weighted by Crippen LogP contribution is -2.27. The third kappa shape index (κ3) is 3.27. The van der Waals surface area contributed by atoms with Gasteiger partial charge in [0, 0.05) is 17.8 Å². The Morgan fingerprint density at radius 3 is 2.70 bits per heavy atom. The van der Waals surface area contributed by atoms with Gasteiger partial charge in [-0.25, -0.2) is 0 Å². The molecule has 5 nitrogen and oxygen atoms in total. The van der Waals surface area contributed by atoms with Crippen molar-refractivity contribution < 1.29 is 4.92 Å². The van der Waals surface area contributed by atoms with Crippen molar-refractivity contribution in [2.75, 3.05) is 5.32 Å². The molecule has 20 heavy (non-hydrogen) atoms. The SMILES string of the molecule is CC(Nc1ccc([N+](=O)[O-])c(C#N)c1)C1CCCCC1. The highest BCUT2D eigenvalue weighted by Crippen LogP contribution is 2.29. The van der Waals surface area contributed by atoms with Crippen molar-refractivity contribution in [2.45, 2.75) is 45.1 Å². The van der Waals surface area contributed by atoms with Gasteiger partial charge < -0.3 is 5.32 Å². The minimum atomic E-state index is -0.521. The zero-order chi connectivity index (χ0) is 14.5. The van der Waals surface area contributed by atoms with Crippen molar-refractivity contribution in [3.63, 3.8) is 0 Å². The summed E-state index contributed by atoms with van der Waals surface area (Å²) in [7, 11) is 0. The van der Waals surface area contributed by atoms with Crippen LogP contribution in [0.3, 0.4) is 0 Å². The summed E-state index contributed by atoms with van der Waals surface area (Å²) in [5.74, 6) is 0.643. The van der Waals surface area contributed by atoms with E-state index in [1.807, 2.05) is 6.07 Å². The van der Waals surface area contributed by atoms with E-state index in [9.17, 15) is 10.1 Å². The first-order valence-electron chi connectivity index (χ1n) is 7.07. The number of nitriles is 1. The summed E-state index contributed by atoms with van der Waals surface area (Å²) < 4.78 is 0. The van der Waals surface area contributed by atoms with Crippen LogP contribution < -0.4 is 5.32 Å². The fourth-order valence-corrected chi connectivity index (χ4v) is 2.89. The topological polar surface area (TPSA) is 79.0 Å². The molecule has 0 bridgehead atoms. The van der Waals surface area contributed by atoms with Gasteiger partial charge in [0.1, 0.15) is 11.6 Å². The summed E-state index contributed by atoms with van der Waals surface area (Å²) in [6.07, 6.45) is 6.33. The molecule has 0 radical (unpaired) electrons. The molecule has 1 aromatic carbocycles. The molecule has 1 fully saturated rings. The van der Waals surface area contributed by atoms with Crippen LogP contribution in [0.25, 0.3) is 0 Å². The average Bonchev–Trinajstić information content (AvgIpc) is 2.47. The Hall–Kier alpha value is -2.09. The van der Waals surface area contributed by atoms with Gasteiger partial charge in [-0.2, -0.15) is 5.26 Å². The van der Waals surface area contributed by atoms with E-state index in [0.29, 0.717) is 12.0 Å². The van der Waals surface area contributed by atoms with Crippen molar-refractivity contribution >= 4 is 11.4 Å². The van der Waals surface area contributed by atoms with Crippen LogP contribution in [0, 0.1) is 27.4 Å². The molecule has 1 unspecified atom stereocenters. The molecule has 2 rings (SSSR count). The van der Waals surface area contributed by atoms with Crippen LogP contribution in [0.2, 0.25) is 0 Å². The first kappa shape index (κ1) is 14.3. The highest BCUT2D eigenvalue weighted by atomic mass is 16.6. The number of hydrogen-bond donors (Lipinski definition) is 1. The largest absolute Gasteiger partial charge is 0.382 e. The van der Waals surface area contributed by atoms with Gasteiger partial charge in [0.15, 0.2) is 0 Å². The molecule has 0 aliphatic heterocycles. The molecule has 1 aliphatic carbocycles. The summed E-state index contributed by atoms with van der Waals surface area (Å²) in [4.78, 5) is 10.3. The first-order chi connectivity index (χ1) is 9.61. The van der Waals surface area contributed by atoms with Crippen molar-refractivity contribution in [3.05, 3.63) is 33.9 Å². The van der Waals surface area contributed by atoms with Gasteiger partial charge >= 0.3 is 0 Å². The van der Waals surface area contributed by atoms with Gasteiger partial charge in [-0.05, 0) is 37.8 Å². The third-order valence-electron chi connectivity index (χ3n) is 4.06. The molecule has 0 aromatic heterocycles. The Labute approximate surface area is 118 Å². The molecule has 1 aromatic rings. The minimum Gasteiger partial charge on any atom is -0.382 e. The zero-order valence-electron chi connectivity index (χ0n) is 11.6. The van der Waals surface area contributed by atoms with Gasteiger partial charge in [-0.1, -0.05) is 19.3 Å². The van der Waals surface area contributed by atoms with Crippen molar-refractivity contribution in [2.24, 2.45) is 5.92 Å². The second-order valence-electron chi connectivity index (χ2n) is 5.43. The number of hydrogen-bond acceptors (Lipinski definition) is 4. The van der Waals surface area contributed by atoms with E-state index in [1.165, 1.54) is 38.2 Å². The lowest BCUT2D eigenvalue weighted by Gasteiger charge is -2.29. The smallest absolute Gasteiger partial charge is 0.287 e. The molecule has 1 atom stereocenters. The molecule has 0 spiro atoms. The van der Waals surface area contributed by atoms with Gasteiger partial charge in [0.2, 0.25) is 0 Å². The number of nitro benzene ring substituents is 1. The van der Waals surface area contributed by atoms with E-state index in [4.69, 9.17) is 5.26 Å². The van der Waals surface area contributed by atoms with E-state index in [1.54, 1.807) is 12.1 Å². The van der Waals surface area contributed by atoms with Crippen LogP contribution in [-0.2, 0) is 0 Å². The van der Waals surface area contributed by atoms with Crippen LogP contribution in [0.4, 0.5) is 11.4 Å². The third-order valence-corrected chi connectivity index (χ3v) is 4.06. The van der Waals surface area contributed by atoms with E-state index in [0.717, 1.165) is 5.69 Å². The number of anilines is 1. The fraction of sp³-hybridized carbons (Fsp3) is 0.533. The second kappa shape index (κ2) is 6.38. The van der Waals surface area contributed by atoms with Crippen molar-refractivity contribution in [3.8, 4) is 6.07 Å². The molecular weight excluding hydrogens is 254 g/mol. The van der Waals surface area contributed by atoms with Crippen LogP contribution in [0.5, 0.6) is 0 Å². The molecule has 0 heterocycles. The maximum absolute atomic E-state index is 10.8. The number of nitrogens with zero attached hydrogens (tertiary/aromatic N) is 2. The lowest BCUT2D eigenvalue weighted by molar-refractivity contribution is -0.385. The van der Waals surface area contributed by atoms with Gasteiger partial charge in [0.25, 0.3) is 5.69 Å². The number of nitro groups is 1. The highest BCUT2D eigenvalue weighted by Gasteiger charge is 2.21. The van der Waals surface area contributed by atoms with E-state index >= 15 is 0 Å². The molecule has 1 saturated carbocycles. The minimum absolute atomic E-state index is 0.107. The quantitative estimate of drug-likeness (QED) is 0.667. The maximum Gasteiger partial charge on any atom is 0.287 e. The molecule has 106 valence electrons. The Balaban J connectivity index is 2.09. The fourth-order valence-electron chi connectivity index (χ4n) is 2.89. The van der Waals surface area contributed by atoms with Gasteiger partial charge in [-0.15, -0.1) is 0 Å². The lowest BCUT2D eigenvalue weighted by atomic mass is 9.84. The zero-order valence-corrected chi connectivity index (χ0v) is 11.6. The molecule has 1 N–H and O–H groups in total. The highest BCUT2D eigenvalue weighted by molar-refractivity contribution is 5.58. The normalized spacial score (nSPS) is 17.2. The van der Waals surface area contributed by atoms with Gasteiger partial charge in [0.05, 0.1) is 4.92 Å². The van der Waals surface area contributed by atoms with E-state index in [-0.39, 0.29) is 11.3 Å². The Kier molecular flexibility index (Phi) is 4.57. The predicted octanol–water partition coefficient (Wildman–Crippen LogP) is 3.85. The van der Waals surface area contributed by atoms with Crippen LogP contribution in [0.15, 0.2) is 18.2 Å². The molecule has 1 aliphatic rings. The van der Waals surface area contributed by atoms with Crippen molar-refractivity contribution in [1.29, 1.82) is 5.26 Å². The summed E-state index contributed by atoms with van der Waals surface area (Å²) in [6, 6.07) is 6.85. The van der Waals surface area contributed by atoms with Gasteiger partial charge in [-0.3, -0.25) is 10.1 Å². The molecule has 0 saturated heterocycles. The second-order valence-corrected chi connectivity index (χ2v) is 5.43. The molecular formula is C15H19N3O2. The first-order valence-corrected chi connectivity index (χ1v) is 7.07. The standard InChI is InChI=1S/C15H19N3O2/c1-11(12-5-3-2-4-6-12)17-14-7-8-15(18(19)20)13(9-14)10-16/h7-9,11-12,17H,2-6H2,1H3. The summed E-state index contributed by atoms with van der Waals surface area (Å²) in [5.41, 5.74) is 0.754. The van der Waals surface area contributed by atoms with Crippen LogP contribution in [0.1, 0.15) is 44.6 Å². The van der Waals surface area contributed by atoms with E-state index in [2.05, 4.69) is 12.2 Å². The van der Waals surface area contributed by atoms with Crippen molar-refractivity contribution in [1.82, 2.24) is 0 Å². The van der Waals surface area contributed by atoms with Crippen LogP contribution >= 0.6 is 0 Å². The summed E-state index contributed by atoms with van der Waals surface area (Å²) in [6.45, 7) is 2.14. The number of nitrogens with one attached hydrogen (secondary N) is 1. The van der Waals surface area contributed by atoms with E-state index < -0.39 is 4.92 Å². The number of benzene rings is 1. The average molecular weight is 273 g/mol. The Morgan fingerprint density at radius 2 is 2.10 bits per heavy atom. The van der Waals surface area contributed by atoms with Crippen LogP contribution in [-0.4, -0.2) is 11.0 Å². The summed E-state index contributed by atoms with van der Waals surface area (Å²) >= 11 is 0. The summed E-state index contributed by atoms with van der Waals surface area (Å²) in [5, 5.41) is 23.2. The monoisotopic (exact) mass is 273 g/mol. The maximum atomic E-state index is 10.8. The predicted molar refractivity (Wildman–Crippen MR) is 77.5 cm³/mol. The Bertz CT molecular complexity index is 530.